The Hall–Kier alpha value is -1.49. The molecule has 0 aliphatic rings. The number of hydrogen-bond donors (Lipinski definition) is 1. The van der Waals surface area contributed by atoms with Gasteiger partial charge in [0, 0.05) is 5.57 Å². The topological polar surface area (TPSA) is 55.8 Å². The second-order valence-corrected chi connectivity index (χ2v) is 4.15. The molecule has 1 N–H and O–H groups in total. The van der Waals surface area contributed by atoms with Gasteiger partial charge in [0.2, 0.25) is 0 Å². The second-order valence-electron chi connectivity index (χ2n) is 3.30. The smallest absolute Gasteiger partial charge is 0.331 e. The second kappa shape index (κ2) is 6.30. The molecule has 0 aliphatic heterocycles. The molecule has 0 fully saturated rings. The summed E-state index contributed by atoms with van der Waals surface area (Å²) in [5, 5.41) is 8.65. The van der Waals surface area contributed by atoms with Crippen LogP contribution in [0.2, 0.25) is 0 Å². The largest absolute Gasteiger partial charge is 0.497 e. The van der Waals surface area contributed by atoms with Crippen LogP contribution >= 0.6 is 15.9 Å². The lowest BCUT2D eigenvalue weighted by Crippen LogP contribution is -2.01. The molecule has 1 aromatic rings. The van der Waals surface area contributed by atoms with Crippen LogP contribution in [0.15, 0.2) is 34.3 Å². The minimum absolute atomic E-state index is 0.211. The molecular weight excluding hydrogens is 288 g/mol. The lowest BCUT2D eigenvalue weighted by Gasteiger charge is -2.07. The molecule has 0 heterocycles. The Morgan fingerprint density at radius 2 is 2.24 bits per heavy atom. The van der Waals surface area contributed by atoms with Gasteiger partial charge in [0.1, 0.15) is 18.1 Å². The van der Waals surface area contributed by atoms with Crippen molar-refractivity contribution in [3.63, 3.8) is 0 Å². The van der Waals surface area contributed by atoms with Crippen molar-refractivity contribution < 1.29 is 19.4 Å². The van der Waals surface area contributed by atoms with Crippen molar-refractivity contribution in [3.8, 4) is 11.5 Å². The fourth-order valence-corrected chi connectivity index (χ4v) is 1.54. The minimum Gasteiger partial charge on any atom is -0.497 e. The highest BCUT2D eigenvalue weighted by atomic mass is 79.9. The highest BCUT2D eigenvalue weighted by molar-refractivity contribution is 9.10. The van der Waals surface area contributed by atoms with E-state index in [9.17, 15) is 4.79 Å². The number of halogens is 1. The molecule has 0 saturated heterocycles. The monoisotopic (exact) mass is 300 g/mol. The number of benzene rings is 1. The molecule has 0 aromatic heterocycles. The van der Waals surface area contributed by atoms with E-state index < -0.39 is 5.97 Å². The van der Waals surface area contributed by atoms with Crippen molar-refractivity contribution in [2.45, 2.75) is 6.92 Å². The molecular formula is C12H13BrO4. The maximum Gasteiger partial charge on any atom is 0.331 e. The highest BCUT2D eigenvalue weighted by Gasteiger charge is 2.03. The first-order valence-corrected chi connectivity index (χ1v) is 5.70. The molecule has 0 atom stereocenters. The van der Waals surface area contributed by atoms with Crippen molar-refractivity contribution in [2.24, 2.45) is 0 Å². The Labute approximate surface area is 108 Å². The minimum atomic E-state index is -0.942. The van der Waals surface area contributed by atoms with E-state index in [4.69, 9.17) is 14.6 Å². The average Bonchev–Trinajstić information content (AvgIpc) is 2.30. The van der Waals surface area contributed by atoms with Crippen molar-refractivity contribution in [3.05, 3.63) is 34.3 Å². The number of hydrogen-bond acceptors (Lipinski definition) is 3. The lowest BCUT2D eigenvalue weighted by atomic mass is 10.3. The van der Waals surface area contributed by atoms with E-state index >= 15 is 0 Å². The summed E-state index contributed by atoms with van der Waals surface area (Å²) in [6, 6.07) is 5.31. The zero-order valence-corrected chi connectivity index (χ0v) is 11.2. The molecule has 0 bridgehead atoms. The fraction of sp³-hybridized carbons (Fsp3) is 0.250. The number of carboxylic acid groups (broad SMARTS) is 1. The van der Waals surface area contributed by atoms with Crippen LogP contribution < -0.4 is 9.47 Å². The van der Waals surface area contributed by atoms with E-state index in [1.165, 1.54) is 13.0 Å². The number of carboxylic acids is 1. The summed E-state index contributed by atoms with van der Waals surface area (Å²) in [5.74, 6) is 0.420. The van der Waals surface area contributed by atoms with Crippen molar-refractivity contribution in [1.29, 1.82) is 0 Å². The third-order valence-corrected chi connectivity index (χ3v) is 2.72. The normalized spacial score (nSPS) is 11.1. The van der Waals surface area contributed by atoms with Gasteiger partial charge in [-0.05, 0) is 47.1 Å². The molecule has 0 aliphatic carbocycles. The van der Waals surface area contributed by atoms with Crippen LogP contribution in [0.5, 0.6) is 11.5 Å². The zero-order chi connectivity index (χ0) is 12.8. The number of methoxy groups -OCH3 is 1. The lowest BCUT2D eigenvalue weighted by molar-refractivity contribution is -0.132. The Bertz CT molecular complexity index is 440. The maximum absolute atomic E-state index is 10.5. The number of ether oxygens (including phenoxy) is 2. The Balaban J connectivity index is 2.64. The average molecular weight is 301 g/mol. The van der Waals surface area contributed by atoms with Gasteiger partial charge < -0.3 is 14.6 Å². The van der Waals surface area contributed by atoms with Crippen molar-refractivity contribution >= 4 is 21.9 Å². The van der Waals surface area contributed by atoms with E-state index in [0.29, 0.717) is 5.75 Å². The van der Waals surface area contributed by atoms with Crippen LogP contribution in [0.25, 0.3) is 0 Å². The van der Waals surface area contributed by atoms with Crippen LogP contribution in [0, 0.1) is 0 Å². The summed E-state index contributed by atoms with van der Waals surface area (Å²) in [5.41, 5.74) is 0.259. The quantitative estimate of drug-likeness (QED) is 0.850. The molecule has 0 unspecified atom stereocenters. The van der Waals surface area contributed by atoms with Crippen LogP contribution in [-0.2, 0) is 4.79 Å². The first-order chi connectivity index (χ1) is 8.04. The molecule has 1 rings (SSSR count). The molecule has 0 spiro atoms. The summed E-state index contributed by atoms with van der Waals surface area (Å²) < 4.78 is 11.2. The zero-order valence-electron chi connectivity index (χ0n) is 9.57. The van der Waals surface area contributed by atoms with Crippen LogP contribution in [0.4, 0.5) is 0 Å². The fourth-order valence-electron chi connectivity index (χ4n) is 1.07. The van der Waals surface area contributed by atoms with Crippen molar-refractivity contribution in [2.75, 3.05) is 13.7 Å². The molecule has 5 heteroatoms. The SMILES string of the molecule is COc1ccc(OC/C=C(/C)C(=O)O)c(Br)c1. The van der Waals surface area contributed by atoms with Gasteiger partial charge in [-0.2, -0.15) is 0 Å². The highest BCUT2D eigenvalue weighted by Crippen LogP contribution is 2.29. The third kappa shape index (κ3) is 4.11. The number of aliphatic carboxylic acids is 1. The van der Waals surface area contributed by atoms with Crippen LogP contribution in [0.1, 0.15) is 6.92 Å². The molecule has 0 amide bonds. The molecule has 0 saturated carbocycles. The summed E-state index contributed by atoms with van der Waals surface area (Å²) in [6.45, 7) is 1.73. The summed E-state index contributed by atoms with van der Waals surface area (Å²) >= 11 is 3.34. The van der Waals surface area contributed by atoms with Gasteiger partial charge in [0.05, 0.1) is 11.6 Å². The first kappa shape index (κ1) is 13.6. The van der Waals surface area contributed by atoms with E-state index in [1.54, 1.807) is 25.3 Å². The van der Waals surface area contributed by atoms with Gasteiger partial charge in [-0.15, -0.1) is 0 Å². The maximum atomic E-state index is 10.5. The van der Waals surface area contributed by atoms with Crippen LogP contribution in [0.3, 0.4) is 0 Å². The molecule has 92 valence electrons. The Morgan fingerprint density at radius 1 is 1.53 bits per heavy atom. The standard InChI is InChI=1S/C12H13BrO4/c1-8(12(14)15)5-6-17-11-4-3-9(16-2)7-10(11)13/h3-5,7H,6H2,1-2H3,(H,14,15)/b8-5-. The summed E-state index contributed by atoms with van der Waals surface area (Å²) in [4.78, 5) is 10.5. The van der Waals surface area contributed by atoms with Crippen molar-refractivity contribution in [1.82, 2.24) is 0 Å². The van der Waals surface area contributed by atoms with Gasteiger partial charge in [0.25, 0.3) is 0 Å². The van der Waals surface area contributed by atoms with Crippen LogP contribution in [-0.4, -0.2) is 24.8 Å². The van der Waals surface area contributed by atoms with Gasteiger partial charge in [-0.1, -0.05) is 0 Å². The summed E-state index contributed by atoms with van der Waals surface area (Å²) in [6.07, 6.45) is 1.51. The van der Waals surface area contributed by atoms with E-state index in [-0.39, 0.29) is 12.2 Å². The predicted octanol–water partition coefficient (Wildman–Crippen LogP) is 2.87. The third-order valence-electron chi connectivity index (χ3n) is 2.10. The summed E-state index contributed by atoms with van der Waals surface area (Å²) in [7, 11) is 1.58. The Kier molecular flexibility index (Phi) is 5.03. The van der Waals surface area contributed by atoms with Gasteiger partial charge in [-0.3, -0.25) is 0 Å². The van der Waals surface area contributed by atoms with E-state index in [1.807, 2.05) is 0 Å². The number of carbonyl (C=O) groups is 1. The number of rotatable bonds is 5. The van der Waals surface area contributed by atoms with E-state index in [2.05, 4.69) is 15.9 Å². The van der Waals surface area contributed by atoms with Gasteiger partial charge in [-0.25, -0.2) is 4.79 Å². The Morgan fingerprint density at radius 3 is 2.76 bits per heavy atom. The molecule has 4 nitrogen and oxygen atoms in total. The molecule has 17 heavy (non-hydrogen) atoms. The van der Waals surface area contributed by atoms with Gasteiger partial charge >= 0.3 is 5.97 Å². The first-order valence-electron chi connectivity index (χ1n) is 4.91. The predicted molar refractivity (Wildman–Crippen MR) is 67.6 cm³/mol. The molecule has 0 radical (unpaired) electrons. The molecule has 1 aromatic carbocycles. The van der Waals surface area contributed by atoms with Gasteiger partial charge in [0.15, 0.2) is 0 Å². The van der Waals surface area contributed by atoms with E-state index in [0.717, 1.165) is 10.2 Å².